The molecular formula is C29H24ClFN6O2S. The number of carbonyl (C=O) groups excluding carboxylic acids is 2. The van der Waals surface area contributed by atoms with Gasteiger partial charge in [-0.25, -0.2) is 4.39 Å². The van der Waals surface area contributed by atoms with Crippen LogP contribution in [-0.4, -0.2) is 36.9 Å². The Morgan fingerprint density at radius 3 is 2.40 bits per heavy atom. The van der Waals surface area contributed by atoms with Gasteiger partial charge in [0.2, 0.25) is 17.6 Å². The molecule has 0 fully saturated rings. The number of aromatic nitrogens is 4. The molecule has 0 bridgehead atoms. The lowest BCUT2D eigenvalue weighted by molar-refractivity contribution is -0.142. The van der Waals surface area contributed by atoms with Gasteiger partial charge < -0.3 is 10.2 Å². The normalized spacial score (nSPS) is 11.7. The summed E-state index contributed by atoms with van der Waals surface area (Å²) in [5.74, 6) is -0.795. The number of rotatable bonds is 10. The maximum Gasteiger partial charge on any atom is 0.248 e. The number of thiophene rings is 1. The molecule has 11 heteroatoms. The Morgan fingerprint density at radius 1 is 0.950 bits per heavy atom. The van der Waals surface area contributed by atoms with Crippen LogP contribution in [0.2, 0.25) is 5.02 Å². The summed E-state index contributed by atoms with van der Waals surface area (Å²) in [6.07, 6.45) is 0. The third-order valence-electron chi connectivity index (χ3n) is 6.10. The van der Waals surface area contributed by atoms with Crippen molar-refractivity contribution in [1.82, 2.24) is 30.4 Å². The van der Waals surface area contributed by atoms with E-state index in [0.29, 0.717) is 33.4 Å². The van der Waals surface area contributed by atoms with Gasteiger partial charge in [-0.2, -0.15) is 4.80 Å². The van der Waals surface area contributed by atoms with E-state index in [-0.39, 0.29) is 19.0 Å². The standard InChI is InChI=1S/C29H24ClFN6O2S/c30-23-12-10-22(11-13-23)28-33-35-37(34-28)19-26(38)36(18-21-8-14-24(31)15-9-21)27(25-7-4-16-40-25)29(39)32-17-20-5-2-1-3-6-20/h1-16,27H,17-19H2,(H,32,39)/t27-/m0/s1. The van der Waals surface area contributed by atoms with Gasteiger partial charge in [-0.15, -0.1) is 21.5 Å². The van der Waals surface area contributed by atoms with E-state index in [2.05, 4.69) is 20.7 Å². The first-order valence-electron chi connectivity index (χ1n) is 12.4. The van der Waals surface area contributed by atoms with Crippen LogP contribution in [0.4, 0.5) is 4.39 Å². The summed E-state index contributed by atoms with van der Waals surface area (Å²) in [6, 6.07) is 25.0. The van der Waals surface area contributed by atoms with Gasteiger partial charge >= 0.3 is 0 Å². The smallest absolute Gasteiger partial charge is 0.248 e. The number of amides is 2. The molecule has 0 radical (unpaired) electrons. The van der Waals surface area contributed by atoms with Gasteiger partial charge in [0.05, 0.1) is 0 Å². The topological polar surface area (TPSA) is 93.0 Å². The highest BCUT2D eigenvalue weighted by molar-refractivity contribution is 7.10. The van der Waals surface area contributed by atoms with E-state index in [0.717, 1.165) is 5.56 Å². The Kier molecular flexibility index (Phi) is 8.58. The number of hydrogen-bond acceptors (Lipinski definition) is 6. The zero-order valence-corrected chi connectivity index (χ0v) is 22.7. The SMILES string of the molecule is O=C(NCc1ccccc1)[C@H](c1cccs1)N(Cc1ccc(F)cc1)C(=O)Cn1nnc(-c2ccc(Cl)cc2)n1. The summed E-state index contributed by atoms with van der Waals surface area (Å²) in [4.78, 5) is 30.8. The molecule has 8 nitrogen and oxygen atoms in total. The molecule has 5 rings (SSSR count). The van der Waals surface area contributed by atoms with Crippen LogP contribution in [0.1, 0.15) is 22.0 Å². The molecule has 1 atom stereocenters. The summed E-state index contributed by atoms with van der Waals surface area (Å²) >= 11 is 7.35. The minimum atomic E-state index is -0.930. The van der Waals surface area contributed by atoms with Crippen molar-refractivity contribution in [1.29, 1.82) is 0 Å². The van der Waals surface area contributed by atoms with E-state index in [4.69, 9.17) is 11.6 Å². The maximum absolute atomic E-state index is 13.8. The van der Waals surface area contributed by atoms with Crippen molar-refractivity contribution in [3.05, 3.63) is 123 Å². The number of nitrogens with one attached hydrogen (secondary N) is 1. The van der Waals surface area contributed by atoms with Crippen LogP contribution in [0.15, 0.2) is 96.4 Å². The van der Waals surface area contributed by atoms with Crippen LogP contribution >= 0.6 is 22.9 Å². The minimum Gasteiger partial charge on any atom is -0.350 e. The fraction of sp³-hybridized carbons (Fsp3) is 0.138. The van der Waals surface area contributed by atoms with Gasteiger partial charge in [0.1, 0.15) is 18.4 Å². The molecule has 2 amide bonds. The summed E-state index contributed by atoms with van der Waals surface area (Å²) < 4.78 is 13.6. The molecule has 0 unspecified atom stereocenters. The monoisotopic (exact) mass is 574 g/mol. The molecule has 2 aromatic heterocycles. The molecule has 1 N–H and O–H groups in total. The zero-order chi connectivity index (χ0) is 27.9. The second-order valence-corrected chi connectivity index (χ2v) is 10.3. The second-order valence-electron chi connectivity index (χ2n) is 8.92. The molecule has 0 saturated heterocycles. The number of halogens is 2. The molecule has 40 heavy (non-hydrogen) atoms. The molecule has 0 spiro atoms. The van der Waals surface area contributed by atoms with Crippen molar-refractivity contribution in [3.8, 4) is 11.4 Å². The predicted octanol–water partition coefficient (Wildman–Crippen LogP) is 5.28. The molecule has 5 aromatic rings. The fourth-order valence-electron chi connectivity index (χ4n) is 4.10. The number of nitrogens with zero attached hydrogens (tertiary/aromatic N) is 5. The number of benzene rings is 3. The van der Waals surface area contributed by atoms with Gasteiger partial charge in [0.15, 0.2) is 0 Å². The van der Waals surface area contributed by atoms with Crippen molar-refractivity contribution in [2.24, 2.45) is 0 Å². The van der Waals surface area contributed by atoms with Crippen molar-refractivity contribution in [3.63, 3.8) is 0 Å². The second kappa shape index (κ2) is 12.6. The lowest BCUT2D eigenvalue weighted by Crippen LogP contribution is -2.44. The molecule has 3 aromatic carbocycles. The van der Waals surface area contributed by atoms with Crippen LogP contribution in [0.5, 0.6) is 0 Å². The lowest BCUT2D eigenvalue weighted by Gasteiger charge is -2.30. The summed E-state index contributed by atoms with van der Waals surface area (Å²) in [6.45, 7) is 0.115. The molecule has 0 saturated carbocycles. The molecule has 202 valence electrons. The van der Waals surface area contributed by atoms with Gasteiger partial charge in [0.25, 0.3) is 0 Å². The van der Waals surface area contributed by atoms with E-state index < -0.39 is 17.8 Å². The Morgan fingerprint density at radius 2 is 1.70 bits per heavy atom. The van der Waals surface area contributed by atoms with Crippen molar-refractivity contribution >= 4 is 34.8 Å². The van der Waals surface area contributed by atoms with Crippen LogP contribution in [0.25, 0.3) is 11.4 Å². The molecule has 0 aliphatic heterocycles. The van der Waals surface area contributed by atoms with E-state index in [1.807, 2.05) is 47.8 Å². The Bertz CT molecular complexity index is 1560. The number of tetrazole rings is 1. The highest BCUT2D eigenvalue weighted by Crippen LogP contribution is 2.28. The van der Waals surface area contributed by atoms with Crippen molar-refractivity contribution in [2.45, 2.75) is 25.7 Å². The van der Waals surface area contributed by atoms with Crippen LogP contribution in [0.3, 0.4) is 0 Å². The highest BCUT2D eigenvalue weighted by atomic mass is 35.5. The van der Waals surface area contributed by atoms with Crippen LogP contribution in [0, 0.1) is 5.82 Å². The molecule has 0 aliphatic carbocycles. The summed E-state index contributed by atoms with van der Waals surface area (Å²) in [5, 5.41) is 17.9. The maximum atomic E-state index is 13.8. The van der Waals surface area contributed by atoms with Crippen LogP contribution < -0.4 is 5.32 Å². The number of carbonyl (C=O) groups is 2. The largest absolute Gasteiger partial charge is 0.350 e. The van der Waals surface area contributed by atoms with Crippen molar-refractivity contribution in [2.75, 3.05) is 0 Å². The molecule has 0 aliphatic rings. The van der Waals surface area contributed by atoms with Gasteiger partial charge in [-0.1, -0.05) is 60.1 Å². The van der Waals surface area contributed by atoms with E-state index >= 15 is 0 Å². The zero-order valence-electron chi connectivity index (χ0n) is 21.2. The quantitative estimate of drug-likeness (QED) is 0.245. The van der Waals surface area contributed by atoms with Crippen LogP contribution in [-0.2, 0) is 29.2 Å². The summed E-state index contributed by atoms with van der Waals surface area (Å²) in [7, 11) is 0. The lowest BCUT2D eigenvalue weighted by atomic mass is 10.1. The van der Waals surface area contributed by atoms with Gasteiger partial charge in [-0.3, -0.25) is 9.59 Å². The van der Waals surface area contributed by atoms with E-state index in [1.54, 1.807) is 36.4 Å². The predicted molar refractivity (Wildman–Crippen MR) is 151 cm³/mol. The Labute approximate surface area is 239 Å². The summed E-state index contributed by atoms with van der Waals surface area (Å²) in [5.41, 5.74) is 2.29. The Balaban J connectivity index is 1.42. The highest BCUT2D eigenvalue weighted by Gasteiger charge is 2.33. The van der Waals surface area contributed by atoms with E-state index in [1.165, 1.54) is 33.2 Å². The first-order valence-corrected chi connectivity index (χ1v) is 13.6. The minimum absolute atomic E-state index is 0.0686. The first-order chi connectivity index (χ1) is 19.5. The first kappa shape index (κ1) is 27.2. The van der Waals surface area contributed by atoms with E-state index in [9.17, 15) is 14.0 Å². The Hall–Kier alpha value is -4.41. The third kappa shape index (κ3) is 6.77. The van der Waals surface area contributed by atoms with Gasteiger partial charge in [-0.05, 0) is 64.2 Å². The number of hydrogen-bond donors (Lipinski definition) is 1. The molecule has 2 heterocycles. The molecular weight excluding hydrogens is 551 g/mol. The van der Waals surface area contributed by atoms with Gasteiger partial charge in [0, 0.05) is 28.6 Å². The average Bonchev–Trinajstić information content (AvgIpc) is 3.67. The third-order valence-corrected chi connectivity index (χ3v) is 7.28. The average molecular weight is 575 g/mol. The van der Waals surface area contributed by atoms with Crippen molar-refractivity contribution < 1.29 is 14.0 Å². The fourth-order valence-corrected chi connectivity index (χ4v) is 5.06.